The molecule has 27 heavy (non-hydrogen) atoms. The number of rotatable bonds is 4. The van der Waals surface area contributed by atoms with Gasteiger partial charge in [0.15, 0.2) is 0 Å². The molecular formula is C20H18N2O3S2. The number of H-pyrrole nitrogens is 1. The van der Waals surface area contributed by atoms with Gasteiger partial charge < -0.3 is 9.72 Å². The molecule has 138 valence electrons. The SMILES string of the molecule is COC(=O)c1ccc(/C=C(\SC)c2nc3sc4c(c3c(=O)[nH]2)CCC4)cc1. The Bertz CT molecular complexity index is 1110. The first-order valence-electron chi connectivity index (χ1n) is 8.59. The predicted molar refractivity (Wildman–Crippen MR) is 111 cm³/mol. The third-order valence-electron chi connectivity index (χ3n) is 4.66. The Kier molecular flexibility index (Phi) is 4.88. The van der Waals surface area contributed by atoms with E-state index < -0.39 is 0 Å². The van der Waals surface area contributed by atoms with Gasteiger partial charge in [0.25, 0.3) is 5.56 Å². The fourth-order valence-corrected chi connectivity index (χ4v) is 5.13. The van der Waals surface area contributed by atoms with Crippen molar-refractivity contribution >= 4 is 50.3 Å². The second-order valence-electron chi connectivity index (χ2n) is 6.28. The number of nitrogens with zero attached hydrogens (tertiary/aromatic N) is 1. The number of thioether (sulfide) groups is 1. The Labute approximate surface area is 164 Å². The maximum atomic E-state index is 12.7. The molecule has 0 aliphatic heterocycles. The van der Waals surface area contributed by atoms with E-state index in [9.17, 15) is 9.59 Å². The maximum absolute atomic E-state index is 12.7. The molecule has 0 spiro atoms. The van der Waals surface area contributed by atoms with Crippen LogP contribution in [-0.4, -0.2) is 29.3 Å². The lowest BCUT2D eigenvalue weighted by molar-refractivity contribution is 0.0600. The molecule has 5 nitrogen and oxygen atoms in total. The smallest absolute Gasteiger partial charge is 0.337 e. The van der Waals surface area contributed by atoms with Gasteiger partial charge in [0.05, 0.1) is 23.0 Å². The number of hydrogen-bond donors (Lipinski definition) is 1. The number of ether oxygens (including phenoxy) is 1. The summed E-state index contributed by atoms with van der Waals surface area (Å²) in [6.07, 6.45) is 7.04. The number of fused-ring (bicyclic) bond motifs is 3. The molecule has 2 aromatic heterocycles. The Morgan fingerprint density at radius 3 is 2.78 bits per heavy atom. The molecule has 7 heteroatoms. The van der Waals surface area contributed by atoms with Crippen molar-refractivity contribution in [3.8, 4) is 0 Å². The van der Waals surface area contributed by atoms with Gasteiger partial charge in [0.2, 0.25) is 0 Å². The average molecular weight is 399 g/mol. The highest BCUT2D eigenvalue weighted by Gasteiger charge is 2.21. The minimum atomic E-state index is -0.363. The van der Waals surface area contributed by atoms with Crippen LogP contribution >= 0.6 is 23.1 Å². The van der Waals surface area contributed by atoms with Crippen LogP contribution in [0.2, 0.25) is 0 Å². The lowest BCUT2D eigenvalue weighted by Crippen LogP contribution is -2.11. The normalized spacial score (nSPS) is 13.8. The molecule has 0 bridgehead atoms. The number of aryl methyl sites for hydroxylation is 2. The van der Waals surface area contributed by atoms with Crippen molar-refractivity contribution in [2.45, 2.75) is 19.3 Å². The van der Waals surface area contributed by atoms with E-state index >= 15 is 0 Å². The molecule has 1 aliphatic carbocycles. The van der Waals surface area contributed by atoms with Gasteiger partial charge in [-0.2, -0.15) is 0 Å². The molecular weight excluding hydrogens is 380 g/mol. The Morgan fingerprint density at radius 1 is 1.30 bits per heavy atom. The summed E-state index contributed by atoms with van der Waals surface area (Å²) in [4.78, 5) is 34.9. The molecule has 0 saturated carbocycles. The Balaban J connectivity index is 1.73. The van der Waals surface area contributed by atoms with Crippen LogP contribution in [0.4, 0.5) is 0 Å². The van der Waals surface area contributed by atoms with E-state index in [0.29, 0.717) is 11.4 Å². The first-order chi connectivity index (χ1) is 13.1. The van der Waals surface area contributed by atoms with Gasteiger partial charge in [0, 0.05) is 4.88 Å². The third-order valence-corrected chi connectivity index (χ3v) is 6.59. The minimum absolute atomic E-state index is 0.0598. The van der Waals surface area contributed by atoms with E-state index in [4.69, 9.17) is 9.72 Å². The van der Waals surface area contributed by atoms with E-state index in [1.807, 2.05) is 24.5 Å². The van der Waals surface area contributed by atoms with Crippen LogP contribution < -0.4 is 5.56 Å². The van der Waals surface area contributed by atoms with Crippen LogP contribution in [0, 0.1) is 0 Å². The van der Waals surface area contributed by atoms with Crippen molar-refractivity contribution in [2.24, 2.45) is 0 Å². The number of nitrogens with one attached hydrogen (secondary N) is 1. The second-order valence-corrected chi connectivity index (χ2v) is 8.21. The van der Waals surface area contributed by atoms with Gasteiger partial charge in [0.1, 0.15) is 10.7 Å². The quantitative estimate of drug-likeness (QED) is 0.669. The summed E-state index contributed by atoms with van der Waals surface area (Å²) in [6, 6.07) is 7.13. The molecule has 2 heterocycles. The fourth-order valence-electron chi connectivity index (χ4n) is 3.33. The molecule has 0 unspecified atom stereocenters. The lowest BCUT2D eigenvalue weighted by atomic mass is 10.1. The van der Waals surface area contributed by atoms with E-state index in [2.05, 4.69) is 4.98 Å². The van der Waals surface area contributed by atoms with Crippen LogP contribution in [0.3, 0.4) is 0 Å². The fraction of sp³-hybridized carbons (Fsp3) is 0.250. The molecule has 1 aromatic carbocycles. The number of thiophene rings is 1. The zero-order valence-electron chi connectivity index (χ0n) is 15.0. The number of aromatic nitrogens is 2. The number of aromatic amines is 1. The third kappa shape index (κ3) is 3.33. The summed E-state index contributed by atoms with van der Waals surface area (Å²) in [6.45, 7) is 0. The van der Waals surface area contributed by atoms with Crippen molar-refractivity contribution in [2.75, 3.05) is 13.4 Å². The number of esters is 1. The monoisotopic (exact) mass is 398 g/mol. The number of carbonyl (C=O) groups excluding carboxylic acids is 1. The highest BCUT2D eigenvalue weighted by molar-refractivity contribution is 8.07. The van der Waals surface area contributed by atoms with Crippen LogP contribution in [0.5, 0.6) is 0 Å². The molecule has 0 fully saturated rings. The van der Waals surface area contributed by atoms with Gasteiger partial charge in [-0.1, -0.05) is 12.1 Å². The molecule has 0 atom stereocenters. The zero-order valence-corrected chi connectivity index (χ0v) is 16.6. The molecule has 1 aliphatic rings. The highest BCUT2D eigenvalue weighted by Crippen LogP contribution is 2.35. The minimum Gasteiger partial charge on any atom is -0.465 e. The van der Waals surface area contributed by atoms with Crippen LogP contribution in [0.25, 0.3) is 21.2 Å². The summed E-state index contributed by atoms with van der Waals surface area (Å²) in [5, 5.41) is 0.763. The van der Waals surface area contributed by atoms with Gasteiger partial charge in [-0.3, -0.25) is 4.79 Å². The molecule has 3 aromatic rings. The summed E-state index contributed by atoms with van der Waals surface area (Å²) < 4.78 is 4.72. The van der Waals surface area contributed by atoms with Crippen molar-refractivity contribution in [3.63, 3.8) is 0 Å². The Hall–Kier alpha value is -2.38. The van der Waals surface area contributed by atoms with E-state index in [0.717, 1.165) is 39.9 Å². The summed E-state index contributed by atoms with van der Waals surface area (Å²) in [5.74, 6) is 0.217. The topological polar surface area (TPSA) is 72.0 Å². The summed E-state index contributed by atoms with van der Waals surface area (Å²) in [5.41, 5.74) is 2.54. The number of benzene rings is 1. The molecule has 0 amide bonds. The van der Waals surface area contributed by atoms with Crippen LogP contribution in [0.1, 0.15) is 38.6 Å². The van der Waals surface area contributed by atoms with Crippen molar-refractivity contribution < 1.29 is 9.53 Å². The van der Waals surface area contributed by atoms with Gasteiger partial charge in [-0.05, 0) is 54.9 Å². The van der Waals surface area contributed by atoms with E-state index in [1.54, 1.807) is 23.5 Å². The van der Waals surface area contributed by atoms with Gasteiger partial charge in [-0.15, -0.1) is 23.1 Å². The molecule has 0 radical (unpaired) electrons. The van der Waals surface area contributed by atoms with Gasteiger partial charge in [-0.25, -0.2) is 9.78 Å². The standard InChI is InChI=1S/C20H18N2O3S2/c1-25-20(24)12-8-6-11(7-9-12)10-15(26-2)17-21-18(23)16-13-4-3-5-14(13)27-19(16)22-17/h6-10H,3-5H2,1-2H3,(H,21,22,23)/b15-10-. The van der Waals surface area contributed by atoms with Crippen LogP contribution in [0.15, 0.2) is 29.1 Å². The molecule has 1 N–H and O–H groups in total. The molecule has 0 saturated heterocycles. The Morgan fingerprint density at radius 2 is 2.07 bits per heavy atom. The highest BCUT2D eigenvalue weighted by atomic mass is 32.2. The van der Waals surface area contributed by atoms with Crippen molar-refractivity contribution in [3.05, 3.63) is 62.0 Å². The largest absolute Gasteiger partial charge is 0.465 e. The average Bonchev–Trinajstić information content (AvgIpc) is 3.26. The predicted octanol–water partition coefficient (Wildman–Crippen LogP) is 4.12. The summed E-state index contributed by atoms with van der Waals surface area (Å²) >= 11 is 3.16. The summed E-state index contributed by atoms with van der Waals surface area (Å²) in [7, 11) is 1.36. The van der Waals surface area contributed by atoms with E-state index in [1.165, 1.54) is 29.3 Å². The van der Waals surface area contributed by atoms with Crippen molar-refractivity contribution in [1.29, 1.82) is 0 Å². The first kappa shape index (κ1) is 18.0. The zero-order chi connectivity index (χ0) is 19.0. The van der Waals surface area contributed by atoms with E-state index in [-0.39, 0.29) is 11.5 Å². The number of hydrogen-bond acceptors (Lipinski definition) is 6. The van der Waals surface area contributed by atoms with Crippen molar-refractivity contribution in [1.82, 2.24) is 9.97 Å². The maximum Gasteiger partial charge on any atom is 0.337 e. The number of methoxy groups -OCH3 is 1. The van der Waals surface area contributed by atoms with Crippen LogP contribution in [-0.2, 0) is 17.6 Å². The first-order valence-corrected chi connectivity index (χ1v) is 10.6. The van der Waals surface area contributed by atoms with Gasteiger partial charge >= 0.3 is 5.97 Å². The molecule has 4 rings (SSSR count). The second kappa shape index (κ2) is 7.32. The number of carbonyl (C=O) groups is 1. The lowest BCUT2D eigenvalue weighted by Gasteiger charge is -2.05.